The number of alkyl halides is 6. The topological polar surface area (TPSA) is 126 Å². The third-order valence-corrected chi connectivity index (χ3v) is 7.35. The summed E-state index contributed by atoms with van der Waals surface area (Å²) in [4.78, 5) is 10.7. The van der Waals surface area contributed by atoms with E-state index >= 15 is 0 Å². The molecule has 0 aliphatic rings. The van der Waals surface area contributed by atoms with Gasteiger partial charge in [-0.25, -0.2) is 18.9 Å². The van der Waals surface area contributed by atoms with Crippen molar-refractivity contribution in [2.24, 2.45) is 0 Å². The molecule has 0 saturated carbocycles. The lowest BCUT2D eigenvalue weighted by Crippen LogP contribution is -2.18. The zero-order valence-electron chi connectivity index (χ0n) is 19.2. The normalized spacial score (nSPS) is 12.6. The largest absolute Gasteiger partial charge is 0.476 e. The Labute approximate surface area is 236 Å². The number of aromatic amines is 1. The van der Waals surface area contributed by atoms with Gasteiger partial charge in [0.2, 0.25) is 0 Å². The second kappa shape index (κ2) is 11.1. The molecular formula is C22H11Cl2F6N7OS2. The van der Waals surface area contributed by atoms with Crippen LogP contribution in [0.1, 0.15) is 11.3 Å². The second-order valence-electron chi connectivity index (χ2n) is 7.56. The number of H-pyrrole nitrogens is 1. The number of nitriles is 1. The molecule has 0 aliphatic heterocycles. The van der Waals surface area contributed by atoms with Crippen LogP contribution >= 0.6 is 34.5 Å². The lowest BCUT2D eigenvalue weighted by molar-refractivity contribution is -0.137. The van der Waals surface area contributed by atoms with Crippen molar-refractivity contribution in [1.29, 1.82) is 5.26 Å². The van der Waals surface area contributed by atoms with E-state index in [-0.39, 0.29) is 0 Å². The predicted molar refractivity (Wildman–Crippen MR) is 137 cm³/mol. The van der Waals surface area contributed by atoms with Crippen LogP contribution < -0.4 is 5.73 Å². The Hall–Kier alpha value is -3.65. The minimum absolute atomic E-state index is 0.433. The van der Waals surface area contributed by atoms with Crippen molar-refractivity contribution in [2.75, 3.05) is 5.73 Å². The SMILES string of the molecule is N#Cc1nn(-c2c(Cl)cc(C(F)(F)F)cc2Cl)c(N)c1S(=O)C(F)(F)F.c1ccc2[nH]c(-c3cscn3)nc2c1. The van der Waals surface area contributed by atoms with Gasteiger partial charge >= 0.3 is 11.7 Å². The van der Waals surface area contributed by atoms with E-state index < -0.39 is 60.2 Å². The fourth-order valence-electron chi connectivity index (χ4n) is 3.29. The summed E-state index contributed by atoms with van der Waals surface area (Å²) in [5.41, 5.74) is 2.33. The minimum atomic E-state index is -5.25. The number of rotatable bonds is 3. The van der Waals surface area contributed by atoms with Gasteiger partial charge in [0.15, 0.2) is 22.3 Å². The van der Waals surface area contributed by atoms with Crippen molar-refractivity contribution in [3.05, 3.63) is 68.6 Å². The molecule has 3 aromatic heterocycles. The van der Waals surface area contributed by atoms with E-state index in [0.717, 1.165) is 22.6 Å². The molecule has 0 fully saturated rings. The first-order chi connectivity index (χ1) is 18.7. The van der Waals surface area contributed by atoms with Gasteiger partial charge in [0, 0.05) is 5.38 Å². The van der Waals surface area contributed by atoms with Gasteiger partial charge in [0.25, 0.3) is 0 Å². The summed E-state index contributed by atoms with van der Waals surface area (Å²) in [7, 11) is -3.71. The highest BCUT2D eigenvalue weighted by Gasteiger charge is 2.42. The van der Waals surface area contributed by atoms with Crippen LogP contribution in [0.3, 0.4) is 0 Å². The maximum atomic E-state index is 12.7. The number of halogens is 8. The Balaban J connectivity index is 0.000000219. The first-order valence-electron chi connectivity index (χ1n) is 10.4. The molecule has 208 valence electrons. The first kappa shape index (κ1) is 29.3. The summed E-state index contributed by atoms with van der Waals surface area (Å²) in [5, 5.41) is 13.0. The van der Waals surface area contributed by atoms with Crippen molar-refractivity contribution in [2.45, 2.75) is 16.6 Å². The Morgan fingerprint density at radius 3 is 2.27 bits per heavy atom. The number of thiazole rings is 1. The lowest BCUT2D eigenvalue weighted by atomic mass is 10.2. The molecule has 40 heavy (non-hydrogen) atoms. The summed E-state index contributed by atoms with van der Waals surface area (Å²) in [6.07, 6.45) is -4.79. The van der Waals surface area contributed by atoms with Gasteiger partial charge in [0.1, 0.15) is 28.2 Å². The van der Waals surface area contributed by atoms with Gasteiger partial charge in [-0.2, -0.15) is 36.7 Å². The zero-order valence-corrected chi connectivity index (χ0v) is 22.3. The fourth-order valence-corrected chi connectivity index (χ4v) is 5.25. The van der Waals surface area contributed by atoms with Crippen LogP contribution in [0.2, 0.25) is 10.0 Å². The Bertz CT molecular complexity index is 1700. The number of fused-ring (bicyclic) bond motifs is 1. The number of nitrogens with zero attached hydrogens (tertiary/aromatic N) is 5. The number of nitrogen functional groups attached to an aromatic ring is 1. The molecule has 0 bridgehead atoms. The number of imidazole rings is 1. The molecule has 3 N–H and O–H groups in total. The smallest absolute Gasteiger partial charge is 0.383 e. The summed E-state index contributed by atoms with van der Waals surface area (Å²) in [6.45, 7) is 0. The van der Waals surface area contributed by atoms with E-state index in [9.17, 15) is 30.6 Å². The summed E-state index contributed by atoms with van der Waals surface area (Å²) < 4.78 is 88.4. The molecule has 1 atom stereocenters. The molecular weight excluding hydrogens is 627 g/mol. The zero-order chi connectivity index (χ0) is 29.4. The maximum absolute atomic E-state index is 12.7. The van der Waals surface area contributed by atoms with Crippen LogP contribution in [0, 0.1) is 11.3 Å². The van der Waals surface area contributed by atoms with Gasteiger partial charge in [-0.05, 0) is 24.3 Å². The minimum Gasteiger partial charge on any atom is -0.383 e. The molecule has 1 unspecified atom stereocenters. The van der Waals surface area contributed by atoms with E-state index in [2.05, 4.69) is 20.1 Å². The molecule has 5 aromatic rings. The Morgan fingerprint density at radius 1 is 1.10 bits per heavy atom. The molecule has 5 rings (SSSR count). The van der Waals surface area contributed by atoms with E-state index in [1.165, 1.54) is 6.07 Å². The van der Waals surface area contributed by atoms with Crippen molar-refractivity contribution in [3.8, 4) is 23.3 Å². The molecule has 0 saturated heterocycles. The average Bonchev–Trinajstić information content (AvgIpc) is 3.61. The third-order valence-electron chi connectivity index (χ3n) is 5.00. The van der Waals surface area contributed by atoms with Crippen LogP contribution in [-0.4, -0.2) is 34.4 Å². The highest BCUT2D eigenvalue weighted by molar-refractivity contribution is 7.86. The van der Waals surface area contributed by atoms with Crippen LogP contribution in [0.4, 0.5) is 32.2 Å². The number of hydrogen-bond acceptors (Lipinski definition) is 7. The number of anilines is 1. The van der Waals surface area contributed by atoms with Crippen molar-refractivity contribution in [1.82, 2.24) is 24.7 Å². The fraction of sp³-hybridized carbons (Fsp3) is 0.0909. The monoisotopic (exact) mass is 637 g/mol. The Morgan fingerprint density at radius 2 is 1.75 bits per heavy atom. The summed E-state index contributed by atoms with van der Waals surface area (Å²) >= 11 is 13.1. The summed E-state index contributed by atoms with van der Waals surface area (Å²) in [5.74, 6) is -0.0618. The number of nitrogens with one attached hydrogen (secondary N) is 1. The molecule has 0 radical (unpaired) electrons. The number of para-hydroxylation sites is 2. The van der Waals surface area contributed by atoms with Gasteiger partial charge in [-0.3, -0.25) is 0 Å². The maximum Gasteiger partial charge on any atom is 0.476 e. The van der Waals surface area contributed by atoms with E-state index in [1.54, 1.807) is 11.3 Å². The van der Waals surface area contributed by atoms with Crippen molar-refractivity contribution in [3.63, 3.8) is 0 Å². The second-order valence-corrected chi connectivity index (χ2v) is 10.5. The summed E-state index contributed by atoms with van der Waals surface area (Å²) in [6, 6.07) is 10.2. The standard InChI is InChI=1S/C12H4Cl2F6N4OS.C10H7N3S/c13-5-1-4(11(15,16)17)2-6(14)8(5)24-10(22)9(7(3-21)23-24)26(25)12(18,19)20;1-2-4-8-7(3-1)12-10(13-8)9-5-14-6-11-9/h1-2H,22H2;1-6H,(H,12,13). The van der Waals surface area contributed by atoms with Crippen LogP contribution in [0.25, 0.3) is 28.2 Å². The van der Waals surface area contributed by atoms with Crippen LogP contribution in [-0.2, 0) is 17.0 Å². The third kappa shape index (κ3) is 5.92. The molecule has 0 aliphatic carbocycles. The van der Waals surface area contributed by atoms with Gasteiger partial charge < -0.3 is 10.7 Å². The van der Waals surface area contributed by atoms with Crippen molar-refractivity contribution >= 4 is 62.2 Å². The number of aromatic nitrogens is 5. The van der Waals surface area contributed by atoms with Gasteiger partial charge in [-0.1, -0.05) is 35.3 Å². The lowest BCUT2D eigenvalue weighted by Gasteiger charge is -2.13. The van der Waals surface area contributed by atoms with E-state index in [0.29, 0.717) is 16.8 Å². The number of hydrogen-bond donors (Lipinski definition) is 2. The van der Waals surface area contributed by atoms with Crippen molar-refractivity contribution < 1.29 is 30.6 Å². The van der Waals surface area contributed by atoms with E-state index in [1.807, 2.05) is 35.2 Å². The van der Waals surface area contributed by atoms with Gasteiger partial charge in [-0.15, -0.1) is 11.3 Å². The molecule has 0 amide bonds. The highest BCUT2D eigenvalue weighted by Crippen LogP contribution is 2.40. The number of nitrogens with two attached hydrogens (primary N) is 1. The average molecular weight is 638 g/mol. The molecule has 18 heteroatoms. The first-order valence-corrected chi connectivity index (χ1v) is 13.2. The molecule has 2 aromatic carbocycles. The Kier molecular flexibility index (Phi) is 8.13. The molecule has 8 nitrogen and oxygen atoms in total. The molecule has 0 spiro atoms. The van der Waals surface area contributed by atoms with Crippen LogP contribution in [0.15, 0.2) is 52.2 Å². The highest BCUT2D eigenvalue weighted by atomic mass is 35.5. The molecule has 3 heterocycles. The van der Waals surface area contributed by atoms with Crippen LogP contribution in [0.5, 0.6) is 0 Å². The quantitative estimate of drug-likeness (QED) is 0.206. The predicted octanol–water partition coefficient (Wildman–Crippen LogP) is 6.97. The number of benzene rings is 2. The van der Waals surface area contributed by atoms with Gasteiger partial charge in [0.05, 0.1) is 32.2 Å². The van der Waals surface area contributed by atoms with E-state index in [4.69, 9.17) is 34.2 Å².